The van der Waals surface area contributed by atoms with Gasteiger partial charge in [-0.25, -0.2) is 4.79 Å². The predicted octanol–water partition coefficient (Wildman–Crippen LogP) is 3.15. The fraction of sp³-hybridized carbons (Fsp3) is 0.556. The number of benzene rings is 1. The van der Waals surface area contributed by atoms with Crippen LogP contribution in [0, 0.1) is 0 Å². The van der Waals surface area contributed by atoms with Crippen molar-refractivity contribution in [3.05, 3.63) is 29.8 Å². The highest BCUT2D eigenvalue weighted by Gasteiger charge is 2.07. The number of unbranched alkanes of at least 4 members (excludes halogenated alkanes) is 1. The summed E-state index contributed by atoms with van der Waals surface area (Å²) in [6.45, 7) is 7.94. The van der Waals surface area contributed by atoms with Gasteiger partial charge in [-0.2, -0.15) is 0 Å². The SMILES string of the molecule is CCCCOCCCNC(=O)Nc1ccc(C(=O)NC(C)C)cc1. The van der Waals surface area contributed by atoms with Crippen molar-refractivity contribution >= 4 is 17.6 Å². The van der Waals surface area contributed by atoms with Crippen LogP contribution < -0.4 is 16.0 Å². The summed E-state index contributed by atoms with van der Waals surface area (Å²) in [7, 11) is 0. The maximum Gasteiger partial charge on any atom is 0.319 e. The van der Waals surface area contributed by atoms with Crippen LogP contribution in [0.15, 0.2) is 24.3 Å². The van der Waals surface area contributed by atoms with E-state index in [-0.39, 0.29) is 18.0 Å². The minimum atomic E-state index is -0.261. The van der Waals surface area contributed by atoms with Crippen LogP contribution in [-0.2, 0) is 4.74 Å². The summed E-state index contributed by atoms with van der Waals surface area (Å²) >= 11 is 0. The number of anilines is 1. The van der Waals surface area contributed by atoms with E-state index in [1.54, 1.807) is 24.3 Å². The smallest absolute Gasteiger partial charge is 0.319 e. The van der Waals surface area contributed by atoms with E-state index in [1.807, 2.05) is 13.8 Å². The Hall–Kier alpha value is -2.08. The predicted molar refractivity (Wildman–Crippen MR) is 96.4 cm³/mol. The van der Waals surface area contributed by atoms with Crippen molar-refractivity contribution in [2.24, 2.45) is 0 Å². The van der Waals surface area contributed by atoms with E-state index in [0.29, 0.717) is 24.4 Å². The van der Waals surface area contributed by atoms with Gasteiger partial charge in [0.1, 0.15) is 0 Å². The van der Waals surface area contributed by atoms with E-state index in [9.17, 15) is 9.59 Å². The molecule has 0 saturated carbocycles. The first-order chi connectivity index (χ1) is 11.5. The molecule has 1 rings (SSSR count). The number of carbonyl (C=O) groups is 2. The van der Waals surface area contributed by atoms with Gasteiger partial charge in [-0.05, 0) is 51.0 Å². The normalized spacial score (nSPS) is 10.5. The monoisotopic (exact) mass is 335 g/mol. The van der Waals surface area contributed by atoms with Gasteiger partial charge in [-0.1, -0.05) is 13.3 Å². The summed E-state index contributed by atoms with van der Waals surface area (Å²) in [6.07, 6.45) is 2.98. The number of rotatable bonds is 10. The molecule has 0 spiro atoms. The van der Waals surface area contributed by atoms with Crippen molar-refractivity contribution in [3.8, 4) is 0 Å². The molecule has 0 aliphatic rings. The van der Waals surface area contributed by atoms with Gasteiger partial charge in [0, 0.05) is 37.1 Å². The summed E-state index contributed by atoms with van der Waals surface area (Å²) < 4.78 is 5.43. The Labute approximate surface area is 144 Å². The molecular formula is C18H29N3O3. The average Bonchev–Trinajstić information content (AvgIpc) is 2.54. The standard InChI is InChI=1S/C18H29N3O3/c1-4-5-12-24-13-6-11-19-18(23)21-16-9-7-15(8-10-16)17(22)20-14(2)3/h7-10,14H,4-6,11-13H2,1-3H3,(H,20,22)(H2,19,21,23). The molecule has 6 nitrogen and oxygen atoms in total. The molecule has 0 aromatic heterocycles. The van der Waals surface area contributed by atoms with Crippen LogP contribution in [0.3, 0.4) is 0 Å². The molecule has 6 heteroatoms. The minimum absolute atomic E-state index is 0.0898. The topological polar surface area (TPSA) is 79.5 Å². The first-order valence-electron chi connectivity index (χ1n) is 8.56. The number of hydrogen-bond donors (Lipinski definition) is 3. The molecule has 134 valence electrons. The Balaban J connectivity index is 2.26. The summed E-state index contributed by atoms with van der Waals surface area (Å²) in [5.74, 6) is -0.121. The van der Waals surface area contributed by atoms with Gasteiger partial charge in [-0.15, -0.1) is 0 Å². The van der Waals surface area contributed by atoms with E-state index in [0.717, 1.165) is 25.9 Å². The lowest BCUT2D eigenvalue weighted by molar-refractivity contribution is 0.0943. The van der Waals surface area contributed by atoms with Gasteiger partial charge in [0.15, 0.2) is 0 Å². The van der Waals surface area contributed by atoms with E-state index in [2.05, 4.69) is 22.9 Å². The van der Waals surface area contributed by atoms with Gasteiger partial charge < -0.3 is 20.7 Å². The Morgan fingerprint density at radius 3 is 2.38 bits per heavy atom. The van der Waals surface area contributed by atoms with Gasteiger partial charge in [-0.3, -0.25) is 4.79 Å². The lowest BCUT2D eigenvalue weighted by Gasteiger charge is -2.10. The molecule has 0 radical (unpaired) electrons. The third kappa shape index (κ3) is 8.53. The Bertz CT molecular complexity index is 501. The van der Waals surface area contributed by atoms with Crippen molar-refractivity contribution in [2.45, 2.75) is 46.1 Å². The van der Waals surface area contributed by atoms with Crippen LogP contribution in [0.2, 0.25) is 0 Å². The maximum absolute atomic E-state index is 11.8. The number of amides is 3. The fourth-order valence-corrected chi connectivity index (χ4v) is 1.95. The van der Waals surface area contributed by atoms with E-state index in [4.69, 9.17) is 4.74 Å². The molecule has 0 atom stereocenters. The second-order valence-electron chi connectivity index (χ2n) is 5.91. The highest BCUT2D eigenvalue weighted by atomic mass is 16.5. The number of ether oxygens (including phenoxy) is 1. The summed E-state index contributed by atoms with van der Waals surface area (Å²) in [4.78, 5) is 23.6. The van der Waals surface area contributed by atoms with Crippen molar-refractivity contribution in [1.29, 1.82) is 0 Å². The maximum atomic E-state index is 11.8. The first-order valence-corrected chi connectivity index (χ1v) is 8.56. The lowest BCUT2D eigenvalue weighted by atomic mass is 10.2. The zero-order chi connectivity index (χ0) is 17.8. The zero-order valence-electron chi connectivity index (χ0n) is 14.9. The Morgan fingerprint density at radius 2 is 1.75 bits per heavy atom. The second kappa shape index (κ2) is 11.5. The molecule has 0 unspecified atom stereocenters. The molecule has 0 heterocycles. The molecule has 0 fully saturated rings. The van der Waals surface area contributed by atoms with Crippen LogP contribution in [0.25, 0.3) is 0 Å². The number of nitrogens with one attached hydrogen (secondary N) is 3. The Kier molecular flexibility index (Phi) is 9.53. The molecule has 0 aliphatic heterocycles. The Morgan fingerprint density at radius 1 is 1.08 bits per heavy atom. The highest BCUT2D eigenvalue weighted by molar-refractivity contribution is 5.95. The number of carbonyl (C=O) groups excluding carboxylic acids is 2. The molecule has 3 N–H and O–H groups in total. The summed E-state index contributed by atoms with van der Waals surface area (Å²) in [5.41, 5.74) is 1.21. The van der Waals surface area contributed by atoms with Crippen LogP contribution in [0.5, 0.6) is 0 Å². The quantitative estimate of drug-likeness (QED) is 0.575. The van der Waals surface area contributed by atoms with Gasteiger partial charge >= 0.3 is 6.03 Å². The van der Waals surface area contributed by atoms with Crippen LogP contribution in [-0.4, -0.2) is 37.7 Å². The lowest BCUT2D eigenvalue weighted by Crippen LogP contribution is -2.30. The second-order valence-corrected chi connectivity index (χ2v) is 5.91. The van der Waals surface area contributed by atoms with Gasteiger partial charge in [0.25, 0.3) is 5.91 Å². The molecule has 3 amide bonds. The van der Waals surface area contributed by atoms with Crippen molar-refractivity contribution in [3.63, 3.8) is 0 Å². The van der Waals surface area contributed by atoms with Crippen LogP contribution >= 0.6 is 0 Å². The fourth-order valence-electron chi connectivity index (χ4n) is 1.95. The molecule has 24 heavy (non-hydrogen) atoms. The number of urea groups is 1. The zero-order valence-corrected chi connectivity index (χ0v) is 14.9. The third-order valence-corrected chi connectivity index (χ3v) is 3.22. The molecule has 0 aliphatic carbocycles. The van der Waals surface area contributed by atoms with Crippen molar-refractivity contribution < 1.29 is 14.3 Å². The molecule has 0 bridgehead atoms. The van der Waals surface area contributed by atoms with Crippen LogP contribution in [0.1, 0.15) is 50.4 Å². The highest BCUT2D eigenvalue weighted by Crippen LogP contribution is 2.09. The molecule has 1 aromatic carbocycles. The largest absolute Gasteiger partial charge is 0.381 e. The van der Waals surface area contributed by atoms with Gasteiger partial charge in [0.2, 0.25) is 0 Å². The van der Waals surface area contributed by atoms with E-state index >= 15 is 0 Å². The summed E-state index contributed by atoms with van der Waals surface area (Å²) in [6, 6.07) is 6.63. The molecular weight excluding hydrogens is 306 g/mol. The molecule has 0 saturated heterocycles. The van der Waals surface area contributed by atoms with Gasteiger partial charge in [0.05, 0.1) is 0 Å². The van der Waals surface area contributed by atoms with Crippen molar-refractivity contribution in [1.82, 2.24) is 10.6 Å². The molecule has 1 aromatic rings. The van der Waals surface area contributed by atoms with Crippen molar-refractivity contribution in [2.75, 3.05) is 25.1 Å². The summed E-state index contributed by atoms with van der Waals surface area (Å²) in [5, 5.41) is 8.33. The third-order valence-electron chi connectivity index (χ3n) is 3.22. The van der Waals surface area contributed by atoms with E-state index < -0.39 is 0 Å². The van der Waals surface area contributed by atoms with E-state index in [1.165, 1.54) is 0 Å². The first kappa shape index (κ1) is 20.0. The minimum Gasteiger partial charge on any atom is -0.381 e. The average molecular weight is 335 g/mol. The van der Waals surface area contributed by atoms with Crippen LogP contribution in [0.4, 0.5) is 10.5 Å². The number of hydrogen-bond acceptors (Lipinski definition) is 3.